The molecule has 14 nitrogen and oxygen atoms in total. The van der Waals surface area contributed by atoms with E-state index in [2.05, 4.69) is 21.9 Å². The average Bonchev–Trinajstić information content (AvgIpc) is 3.66. The number of nitrogens with two attached hydrogens (primary N) is 1. The monoisotopic (exact) mass is 759 g/mol. The van der Waals surface area contributed by atoms with Gasteiger partial charge in [-0.05, 0) is 68.4 Å². The largest absolute Gasteiger partial charge is 0.493 e. The normalized spacial score (nSPS) is 23.3. The van der Waals surface area contributed by atoms with Crippen molar-refractivity contribution in [3.05, 3.63) is 80.9 Å². The molecule has 0 unspecified atom stereocenters. The van der Waals surface area contributed by atoms with E-state index in [0.717, 1.165) is 16.7 Å². The summed E-state index contributed by atoms with van der Waals surface area (Å²) in [5.74, 6) is 0.798. The number of nitriles is 1. The Balaban J connectivity index is 1.29. The summed E-state index contributed by atoms with van der Waals surface area (Å²) in [7, 11) is 5.17. The van der Waals surface area contributed by atoms with E-state index in [1.807, 2.05) is 27.0 Å². The maximum atomic E-state index is 14.6. The van der Waals surface area contributed by atoms with Crippen molar-refractivity contribution in [2.24, 2.45) is 0 Å². The molecule has 2 amide bonds. The molecule has 1 saturated heterocycles. The number of imide groups is 1. The van der Waals surface area contributed by atoms with E-state index in [1.165, 1.54) is 11.8 Å². The van der Waals surface area contributed by atoms with Crippen molar-refractivity contribution in [3.63, 3.8) is 0 Å². The van der Waals surface area contributed by atoms with Gasteiger partial charge in [0.2, 0.25) is 6.79 Å². The Morgan fingerprint density at radius 2 is 1.75 bits per heavy atom. The fourth-order valence-corrected chi connectivity index (χ4v) is 10.0. The molecule has 1 fully saturated rings. The van der Waals surface area contributed by atoms with Gasteiger partial charge in [-0.15, -0.1) is 0 Å². The van der Waals surface area contributed by atoms with E-state index >= 15 is 0 Å². The van der Waals surface area contributed by atoms with E-state index in [9.17, 15) is 19.6 Å². The van der Waals surface area contributed by atoms with Crippen LogP contribution in [-0.4, -0.2) is 92.0 Å². The highest BCUT2D eigenvalue weighted by Gasteiger charge is 2.57. The fraction of sp³-hybridized carbons (Fsp3) is 0.381. The number of nitrogen functional groups attached to an aromatic ring is 1. The van der Waals surface area contributed by atoms with E-state index in [4.69, 9.17) is 34.2 Å². The van der Waals surface area contributed by atoms with Crippen LogP contribution in [-0.2, 0) is 22.4 Å². The molecule has 2 bridgehead atoms. The predicted molar refractivity (Wildman–Crippen MR) is 202 cm³/mol. The van der Waals surface area contributed by atoms with Crippen LogP contribution >= 0.6 is 0 Å². The lowest BCUT2D eigenvalue weighted by Gasteiger charge is -2.60. The lowest BCUT2D eigenvalue weighted by molar-refractivity contribution is -0.132. The third-order valence-electron chi connectivity index (χ3n) is 12.1. The molecule has 5 aliphatic rings. The Hall–Kier alpha value is -5.88. The van der Waals surface area contributed by atoms with Crippen molar-refractivity contribution in [2.75, 3.05) is 47.1 Å². The molecule has 0 radical (unpaired) electrons. The van der Waals surface area contributed by atoms with Gasteiger partial charge in [0.15, 0.2) is 29.8 Å². The van der Waals surface area contributed by atoms with Gasteiger partial charge in [-0.3, -0.25) is 29.1 Å². The van der Waals surface area contributed by atoms with Crippen LogP contribution in [0.1, 0.15) is 73.1 Å². The average molecular weight is 760 g/mol. The molecule has 0 saturated carbocycles. The van der Waals surface area contributed by atoms with Crippen molar-refractivity contribution in [1.29, 1.82) is 5.26 Å². The number of esters is 1. The molecule has 9 rings (SSSR count). The molecule has 2 N–H and O–H groups in total. The van der Waals surface area contributed by atoms with Crippen molar-refractivity contribution in [2.45, 2.75) is 63.8 Å². The highest BCUT2D eigenvalue weighted by molar-refractivity contribution is 6.26. The maximum Gasteiger partial charge on any atom is 0.308 e. The third-order valence-corrected chi connectivity index (χ3v) is 12.1. The van der Waals surface area contributed by atoms with Crippen LogP contribution in [0.3, 0.4) is 0 Å². The zero-order valence-corrected chi connectivity index (χ0v) is 31.9. The second-order valence-electron chi connectivity index (χ2n) is 15.1. The van der Waals surface area contributed by atoms with Crippen LogP contribution in [0, 0.1) is 25.2 Å². The zero-order valence-electron chi connectivity index (χ0n) is 31.9. The molecule has 14 heteroatoms. The number of ether oxygens (including phenoxy) is 6. The fourth-order valence-electron chi connectivity index (χ4n) is 10.0. The number of hydrogen-bond donors (Lipinski definition) is 1. The number of likely N-dealkylation sites (N-methyl/N-ethyl adjacent to an activating group) is 1. The summed E-state index contributed by atoms with van der Waals surface area (Å²) in [6.07, 6.45) is 0.823. The Morgan fingerprint density at radius 1 is 0.982 bits per heavy atom. The van der Waals surface area contributed by atoms with Gasteiger partial charge < -0.3 is 34.2 Å². The van der Waals surface area contributed by atoms with Crippen LogP contribution < -0.4 is 29.4 Å². The first kappa shape index (κ1) is 35.8. The number of amides is 2. The summed E-state index contributed by atoms with van der Waals surface area (Å²) in [5, 5.41) is 12.4. The third kappa shape index (κ3) is 5.00. The van der Waals surface area contributed by atoms with Crippen LogP contribution in [0.5, 0.6) is 28.7 Å². The maximum absolute atomic E-state index is 14.6. The van der Waals surface area contributed by atoms with Crippen molar-refractivity contribution < 1.29 is 42.8 Å². The SMILES string of the molecule is COCOc1c(OC)c(C)cc2c1[C@@H]1[C@@H]3Cc4c(OC(C)=O)c(C)c5c(c4[C@H](CN4C(=O)c6cccc7cc(N)cc(c67)C4=O)N3[C@@H](C#N)[C@H](C2)N1C)OCO5. The Kier molecular flexibility index (Phi) is 8.39. The summed E-state index contributed by atoms with van der Waals surface area (Å²) in [5.41, 5.74) is 12.1. The number of methoxy groups -OCH3 is 2. The van der Waals surface area contributed by atoms with E-state index in [-0.39, 0.29) is 32.2 Å². The standard InChI is InChI=1S/C42H41N5O9/c1-19-10-23-12-28-30(15-43)47-29(35(45(28)4)33(23)39(36(19)52-6)53-17-51-5)14-26-34(40-38(54-18-55-40)20(2)37(26)56-21(3)48)31(47)16-46-41(49)25-9-7-8-22-11-24(44)13-27(32(22)25)42(46)50/h7-11,13,28-31,35H,12,14,16-18,44H2,1-6H3/t28-,29-,30-,31-,35-/m0/s1. The number of anilines is 1. The van der Waals surface area contributed by atoms with Crippen molar-refractivity contribution >= 4 is 34.2 Å². The highest BCUT2D eigenvalue weighted by Crippen LogP contribution is 2.59. The summed E-state index contributed by atoms with van der Waals surface area (Å²) >= 11 is 0. The summed E-state index contributed by atoms with van der Waals surface area (Å²) in [6, 6.07) is 10.7. The first-order valence-electron chi connectivity index (χ1n) is 18.5. The van der Waals surface area contributed by atoms with Gasteiger partial charge in [0.1, 0.15) is 11.8 Å². The number of carbonyl (C=O) groups is 3. The summed E-state index contributed by atoms with van der Waals surface area (Å²) in [6.45, 7) is 4.86. The van der Waals surface area contributed by atoms with Crippen LogP contribution in [0.25, 0.3) is 10.8 Å². The molecule has 56 heavy (non-hydrogen) atoms. The molecule has 5 atom stereocenters. The molecule has 5 heterocycles. The van der Waals surface area contributed by atoms with Gasteiger partial charge in [-0.1, -0.05) is 18.2 Å². The number of aryl methyl sites for hydroxylation is 1. The minimum atomic E-state index is -0.801. The minimum Gasteiger partial charge on any atom is -0.493 e. The number of nitrogens with zero attached hydrogens (tertiary/aromatic N) is 4. The quantitative estimate of drug-likeness (QED) is 0.0903. The van der Waals surface area contributed by atoms with Gasteiger partial charge in [0, 0.05) is 71.6 Å². The lowest BCUT2D eigenvalue weighted by atomic mass is 9.71. The van der Waals surface area contributed by atoms with E-state index in [1.54, 1.807) is 38.5 Å². The Labute approximate surface area is 323 Å². The van der Waals surface area contributed by atoms with Crippen molar-refractivity contribution in [1.82, 2.24) is 14.7 Å². The van der Waals surface area contributed by atoms with Gasteiger partial charge in [0.25, 0.3) is 11.8 Å². The predicted octanol–water partition coefficient (Wildman–Crippen LogP) is 4.75. The molecule has 0 aliphatic carbocycles. The lowest BCUT2D eigenvalue weighted by Crippen LogP contribution is -2.69. The number of fused-ring (bicyclic) bond motifs is 9. The van der Waals surface area contributed by atoms with Crippen LogP contribution in [0.2, 0.25) is 0 Å². The molecule has 288 valence electrons. The first-order chi connectivity index (χ1) is 27.0. The Morgan fingerprint density at radius 3 is 2.48 bits per heavy atom. The van der Waals surface area contributed by atoms with Crippen LogP contribution in [0.4, 0.5) is 5.69 Å². The highest BCUT2D eigenvalue weighted by atomic mass is 16.7. The van der Waals surface area contributed by atoms with Gasteiger partial charge >= 0.3 is 5.97 Å². The van der Waals surface area contributed by atoms with Gasteiger partial charge in [-0.2, -0.15) is 5.26 Å². The van der Waals surface area contributed by atoms with Crippen LogP contribution in [0.15, 0.2) is 36.4 Å². The smallest absolute Gasteiger partial charge is 0.308 e. The molecular weight excluding hydrogens is 718 g/mol. The number of rotatable bonds is 7. The molecule has 0 spiro atoms. The zero-order chi connectivity index (χ0) is 39.3. The van der Waals surface area contributed by atoms with Gasteiger partial charge in [0.05, 0.1) is 30.8 Å². The van der Waals surface area contributed by atoms with Gasteiger partial charge in [-0.25, -0.2) is 0 Å². The molecule has 5 aliphatic heterocycles. The number of benzene rings is 4. The Bertz CT molecular complexity index is 2440. The molecule has 4 aromatic carbocycles. The van der Waals surface area contributed by atoms with E-state index < -0.39 is 35.9 Å². The molecule has 4 aromatic rings. The topological polar surface area (TPSA) is 166 Å². The first-order valence-corrected chi connectivity index (χ1v) is 18.5. The minimum absolute atomic E-state index is 0.0238. The number of carbonyl (C=O) groups excluding carboxylic acids is 3. The van der Waals surface area contributed by atoms with E-state index in [0.29, 0.717) is 85.9 Å². The summed E-state index contributed by atoms with van der Waals surface area (Å²) in [4.78, 5) is 47.6. The second kappa shape index (κ2) is 13.1. The molecular formula is C42H41N5O9. The number of hydrogen-bond acceptors (Lipinski definition) is 13. The number of piperazine rings is 1. The summed E-state index contributed by atoms with van der Waals surface area (Å²) < 4.78 is 35.9. The van der Waals surface area contributed by atoms with Crippen molar-refractivity contribution in [3.8, 4) is 34.8 Å². The second-order valence-corrected chi connectivity index (χ2v) is 15.1. The molecule has 0 aromatic heterocycles.